The van der Waals surface area contributed by atoms with E-state index in [1.54, 1.807) is 0 Å². The number of carbonyl (C=O) groups excluding carboxylic acids is 5. The Morgan fingerprint density at radius 1 is 0.364 bits per heavy atom. The van der Waals surface area contributed by atoms with Gasteiger partial charge in [-0.3, -0.25) is 4.79 Å². The maximum atomic E-state index is 15.7. The first-order valence-electron chi connectivity index (χ1n) is 29.5. The van der Waals surface area contributed by atoms with Gasteiger partial charge in [0.05, 0.1) is 0 Å². The van der Waals surface area contributed by atoms with Crippen LogP contribution in [0.2, 0.25) is 13.3 Å². The molecule has 0 bridgehead atoms. The topological polar surface area (TPSA) is 161 Å². The summed E-state index contributed by atoms with van der Waals surface area (Å²) in [6, 6.07) is -7.15. The molecule has 0 aliphatic rings. The third kappa shape index (κ3) is 21.1. The molecule has 0 spiro atoms. The maximum absolute atomic E-state index is 15.7. The Balaban J connectivity index is 4.43. The fourth-order valence-electron chi connectivity index (χ4n) is 8.91. The summed E-state index contributed by atoms with van der Waals surface area (Å²) < 4.78 is 562. The van der Waals surface area contributed by atoms with Crippen LogP contribution in [-0.2, 0) is 28.6 Å². The molecule has 2 atom stereocenters. The molecule has 107 heavy (non-hydrogen) atoms. The minimum absolute atomic E-state index is 0.0185. The molecule has 0 fully saturated rings. The number of anilines is 1. The molecular formula is C55H61F39N4O8Sn. The van der Waals surface area contributed by atoms with Crippen molar-refractivity contribution < 1.29 is 209 Å². The fraction of sp³-hybridized carbons (Fsp3) is 0.800. The Bertz CT molecular complexity index is 3040. The van der Waals surface area contributed by atoms with E-state index in [4.69, 9.17) is 14.2 Å². The van der Waals surface area contributed by atoms with Crippen LogP contribution in [0.15, 0.2) is 24.3 Å². The summed E-state index contributed by atoms with van der Waals surface area (Å²) in [5.41, 5.74) is -5.10. The number of halogens is 39. The van der Waals surface area contributed by atoms with Gasteiger partial charge in [-0.25, -0.2) is 14.4 Å². The zero-order valence-electron chi connectivity index (χ0n) is 55.5. The van der Waals surface area contributed by atoms with Gasteiger partial charge < -0.3 is 19.5 Å². The molecule has 0 radical (unpaired) electrons. The summed E-state index contributed by atoms with van der Waals surface area (Å²) in [6.07, 6.45) is -39.9. The molecule has 1 unspecified atom stereocenters. The van der Waals surface area contributed by atoms with Crippen LogP contribution >= 0.6 is 0 Å². The van der Waals surface area contributed by atoms with E-state index in [2.05, 4.69) is 10.6 Å². The average Bonchev–Trinajstić information content (AvgIpc) is 0.721. The Morgan fingerprint density at radius 2 is 0.654 bits per heavy atom. The minimum Gasteiger partial charge on any atom is -0.458 e. The van der Waals surface area contributed by atoms with Crippen molar-refractivity contribution >= 4 is 57.6 Å². The fourth-order valence-corrected chi connectivity index (χ4v) is 22.9. The second-order valence-electron chi connectivity index (χ2n) is 26.7. The number of ether oxygens (including phenoxy) is 3. The Hall–Kier alpha value is -5.76. The van der Waals surface area contributed by atoms with Crippen molar-refractivity contribution in [2.45, 2.75) is 263 Å². The summed E-state index contributed by atoms with van der Waals surface area (Å²) in [5.74, 6) is -133. The van der Waals surface area contributed by atoms with E-state index >= 15 is 52.7 Å². The summed E-state index contributed by atoms with van der Waals surface area (Å²) in [6.45, 7) is 11.6. The minimum atomic E-state index is -9.01. The van der Waals surface area contributed by atoms with Crippen molar-refractivity contribution in [2.24, 2.45) is 0 Å². The number of hydrogen-bond acceptors (Lipinski definition) is 8. The Morgan fingerprint density at radius 3 is 0.944 bits per heavy atom. The first kappa shape index (κ1) is 99.2. The van der Waals surface area contributed by atoms with Crippen LogP contribution in [-0.4, -0.2) is 191 Å². The van der Waals surface area contributed by atoms with Crippen LogP contribution in [0.5, 0.6) is 0 Å². The molecule has 12 nitrogen and oxygen atoms in total. The van der Waals surface area contributed by atoms with E-state index < -0.39 is 265 Å². The van der Waals surface area contributed by atoms with Crippen molar-refractivity contribution in [1.82, 2.24) is 16.0 Å². The zero-order chi connectivity index (χ0) is 85.5. The van der Waals surface area contributed by atoms with E-state index in [9.17, 15) is 143 Å². The van der Waals surface area contributed by atoms with Gasteiger partial charge in [-0.1, -0.05) is 0 Å². The van der Waals surface area contributed by atoms with Crippen LogP contribution in [0.1, 0.15) is 114 Å². The van der Waals surface area contributed by atoms with Gasteiger partial charge in [0.15, 0.2) is 0 Å². The number of hydrogen-bond donors (Lipinski definition) is 4. The number of carbonyl (C=O) groups is 5. The zero-order valence-corrected chi connectivity index (χ0v) is 58.3. The van der Waals surface area contributed by atoms with E-state index in [0.29, 0.717) is 0 Å². The van der Waals surface area contributed by atoms with E-state index in [1.165, 1.54) is 67.6 Å². The average molecular weight is 1770 g/mol. The Labute approximate surface area is 581 Å². The number of urea groups is 2. The molecule has 626 valence electrons. The van der Waals surface area contributed by atoms with Gasteiger partial charge in [-0.05, 0) is 68.7 Å². The number of alkyl halides is 39. The molecule has 1 aromatic rings. The van der Waals surface area contributed by atoms with Crippen LogP contribution < -0.4 is 24.8 Å². The number of unbranched alkanes of at least 4 members (excludes halogenated alkanes) is 1. The normalized spacial score (nSPS) is 15.7. The van der Waals surface area contributed by atoms with Gasteiger partial charge in [0, 0.05) is 6.42 Å². The first-order chi connectivity index (χ1) is 46.7. The van der Waals surface area contributed by atoms with Crippen LogP contribution in [0.3, 0.4) is 0 Å². The predicted molar refractivity (Wildman–Crippen MR) is 289 cm³/mol. The van der Waals surface area contributed by atoms with Crippen molar-refractivity contribution in [2.75, 3.05) is 11.9 Å². The summed E-state index contributed by atoms with van der Waals surface area (Å²) in [5, 5.41) is 7.65. The number of nitrogens with one attached hydrogen (secondary N) is 4. The van der Waals surface area contributed by atoms with Crippen molar-refractivity contribution in [3.05, 3.63) is 24.3 Å². The van der Waals surface area contributed by atoms with Crippen molar-refractivity contribution in [3.8, 4) is 0 Å². The van der Waals surface area contributed by atoms with Gasteiger partial charge in [0.25, 0.3) is 0 Å². The summed E-state index contributed by atoms with van der Waals surface area (Å²) >= 11 is -8.69. The van der Waals surface area contributed by atoms with Gasteiger partial charge in [-0.2, -0.15) is 0 Å². The molecule has 4 amide bonds. The van der Waals surface area contributed by atoms with Crippen molar-refractivity contribution in [1.29, 1.82) is 0 Å². The van der Waals surface area contributed by atoms with Gasteiger partial charge in [-0.15, -0.1) is 0 Å². The number of esters is 3. The van der Waals surface area contributed by atoms with E-state index in [0.717, 1.165) is 0 Å². The smallest absolute Gasteiger partial charge is 0.458 e. The quantitative estimate of drug-likeness (QED) is 0.0172. The van der Waals surface area contributed by atoms with Gasteiger partial charge in [0.2, 0.25) is 0 Å². The second-order valence-corrected chi connectivity index (χ2v) is 39.9. The molecule has 0 aromatic heterocycles. The van der Waals surface area contributed by atoms with Gasteiger partial charge in [0.1, 0.15) is 22.8 Å². The Kier molecular flexibility index (Phi) is 29.5. The van der Waals surface area contributed by atoms with Crippen LogP contribution in [0, 0.1) is 0 Å². The molecule has 0 aliphatic heterocycles. The van der Waals surface area contributed by atoms with E-state index in [1.807, 2.05) is 5.32 Å². The number of rotatable bonds is 35. The van der Waals surface area contributed by atoms with Gasteiger partial charge >= 0.3 is 446 Å². The molecule has 0 aliphatic carbocycles. The summed E-state index contributed by atoms with van der Waals surface area (Å²) in [7, 11) is 0. The molecule has 52 heteroatoms. The molecular weight excluding hydrogens is 1700 g/mol. The number of amides is 4. The third-order valence-corrected chi connectivity index (χ3v) is 29.5. The number of benzene rings is 1. The predicted octanol–water partition coefficient (Wildman–Crippen LogP) is 18.9. The van der Waals surface area contributed by atoms with Crippen molar-refractivity contribution in [3.63, 3.8) is 0 Å². The van der Waals surface area contributed by atoms with E-state index in [-0.39, 0.29) is 24.3 Å². The monoisotopic (exact) mass is 1770 g/mol. The molecule has 1 rings (SSSR count). The molecule has 0 saturated carbocycles. The second kappa shape index (κ2) is 31.8. The van der Waals surface area contributed by atoms with Crippen LogP contribution in [0.25, 0.3) is 0 Å². The van der Waals surface area contributed by atoms with Crippen LogP contribution in [0.4, 0.5) is 187 Å². The standard InChI is InChI=1S/C31H49N4O8.3C8H4F13.Sn/c1-29(2,3)41-24(36)19-18-23(26(38)43-31(7,8)9)35-28(40)34-22(25(37)42-30(4,5)6)17-13-14-20-32-27(39)33-21-15-11-10-12-16-21;3*1-2-3(9,10)4(11,12)5(13,14)6(15,16)7(17,18)8(19,20)21;/h10-11,15-16,22-23H,13-14,17-20H2,1-9H3,(H2,32,33,39)(H2,34,35,40);3*1-2H2;/t22?,23-;;;;/m0..../s1. The molecule has 1 aromatic carbocycles. The molecule has 0 saturated heterocycles. The third-order valence-electron chi connectivity index (χ3n) is 14.7. The SMILES string of the molecule is CC(C)(C)OC(=O)CC[C@H](NC(=O)NC(CCCCNC(=O)Nc1ccc[c]([Sn]([CH2]CC(F)(F)C(F)(F)C(F)(F)C(F)(F)C(F)(F)C(F)(F)F)([CH2]CC(F)(F)C(F)(F)C(F)(F)C(F)(F)C(F)(F)C(F)(F)F)[CH2]CC(F)(F)C(F)(F)C(F)(F)C(F)(F)C(F)(F)C(F)(F)F)c1)C(=O)OC(C)(C)C)C(=O)OC(C)(C)C. The molecule has 0 heterocycles. The summed E-state index contributed by atoms with van der Waals surface area (Å²) in [4.78, 5) is 65.4. The molecule has 4 N–H and O–H groups in total. The first-order valence-corrected chi connectivity index (χ1v) is 37.0.